The molecule has 0 radical (unpaired) electrons. The molecule has 1 heterocycles. The molecule has 84 valence electrons. The average Bonchev–Trinajstić information content (AvgIpc) is 2.14. The molecule has 0 aliphatic rings. The van der Waals surface area contributed by atoms with Crippen LogP contribution in [-0.4, -0.2) is 30.9 Å². The maximum absolute atomic E-state index is 10.6. The van der Waals surface area contributed by atoms with Crippen LogP contribution in [0.4, 0.5) is 11.6 Å². The highest BCUT2D eigenvalue weighted by atomic mass is 32.2. The second-order valence-corrected chi connectivity index (χ2v) is 4.72. The SMILES string of the molecule is Nc1ccc(NCCCS(N)(=O)=O)nn1. The van der Waals surface area contributed by atoms with Gasteiger partial charge in [0.05, 0.1) is 5.75 Å². The molecule has 0 aliphatic heterocycles. The van der Waals surface area contributed by atoms with Crippen molar-refractivity contribution in [2.24, 2.45) is 5.14 Å². The number of anilines is 2. The first-order chi connectivity index (χ1) is 6.97. The summed E-state index contributed by atoms with van der Waals surface area (Å²) in [5, 5.41) is 15.1. The molecule has 0 aliphatic carbocycles. The number of nitrogens with zero attached hydrogens (tertiary/aromatic N) is 2. The van der Waals surface area contributed by atoms with Crippen LogP contribution >= 0.6 is 0 Å². The molecule has 0 bridgehead atoms. The predicted octanol–water partition coefficient (Wildman–Crippen LogP) is -0.851. The van der Waals surface area contributed by atoms with Gasteiger partial charge in [-0.1, -0.05) is 0 Å². The number of nitrogens with one attached hydrogen (secondary N) is 1. The van der Waals surface area contributed by atoms with Gasteiger partial charge in [-0.2, -0.15) is 0 Å². The second kappa shape index (κ2) is 4.89. The topological polar surface area (TPSA) is 124 Å². The van der Waals surface area contributed by atoms with Gasteiger partial charge in [-0.3, -0.25) is 0 Å². The highest BCUT2D eigenvalue weighted by Gasteiger charge is 2.01. The van der Waals surface area contributed by atoms with Gasteiger partial charge < -0.3 is 11.1 Å². The van der Waals surface area contributed by atoms with Crippen LogP contribution in [-0.2, 0) is 10.0 Å². The minimum atomic E-state index is -3.38. The smallest absolute Gasteiger partial charge is 0.209 e. The monoisotopic (exact) mass is 231 g/mol. The van der Waals surface area contributed by atoms with Crippen molar-refractivity contribution in [2.75, 3.05) is 23.3 Å². The number of aromatic nitrogens is 2. The van der Waals surface area contributed by atoms with Crippen LogP contribution in [0.1, 0.15) is 6.42 Å². The number of hydrogen-bond acceptors (Lipinski definition) is 6. The van der Waals surface area contributed by atoms with E-state index in [1.165, 1.54) is 0 Å². The third-order valence-corrected chi connectivity index (χ3v) is 2.45. The van der Waals surface area contributed by atoms with Gasteiger partial charge in [0.2, 0.25) is 10.0 Å². The molecule has 8 heteroatoms. The Kier molecular flexibility index (Phi) is 3.81. The lowest BCUT2D eigenvalue weighted by Gasteiger charge is -2.03. The van der Waals surface area contributed by atoms with Crippen molar-refractivity contribution in [2.45, 2.75) is 6.42 Å². The summed E-state index contributed by atoms with van der Waals surface area (Å²) in [5.41, 5.74) is 5.34. The molecule has 15 heavy (non-hydrogen) atoms. The fourth-order valence-electron chi connectivity index (χ4n) is 0.927. The van der Waals surface area contributed by atoms with E-state index in [4.69, 9.17) is 10.9 Å². The van der Waals surface area contributed by atoms with Crippen LogP contribution < -0.4 is 16.2 Å². The lowest BCUT2D eigenvalue weighted by atomic mass is 10.4. The zero-order chi connectivity index (χ0) is 11.3. The van der Waals surface area contributed by atoms with E-state index >= 15 is 0 Å². The first-order valence-electron chi connectivity index (χ1n) is 4.31. The summed E-state index contributed by atoms with van der Waals surface area (Å²) in [7, 11) is -3.38. The standard InChI is InChI=1S/C7H13N5O2S/c8-6-2-3-7(12-11-6)10-4-1-5-15(9,13)14/h2-3H,1,4-5H2,(H2,8,11)(H,10,12)(H2,9,13,14). The first kappa shape index (κ1) is 11.7. The molecule has 0 fully saturated rings. The molecule has 7 nitrogen and oxygen atoms in total. The van der Waals surface area contributed by atoms with Crippen molar-refractivity contribution < 1.29 is 8.42 Å². The van der Waals surface area contributed by atoms with E-state index in [2.05, 4.69) is 15.5 Å². The maximum Gasteiger partial charge on any atom is 0.209 e. The number of hydrogen-bond donors (Lipinski definition) is 3. The average molecular weight is 231 g/mol. The molecule has 0 saturated carbocycles. The molecule has 1 rings (SSSR count). The lowest BCUT2D eigenvalue weighted by molar-refractivity contribution is 0.595. The van der Waals surface area contributed by atoms with Crippen LogP contribution in [0.3, 0.4) is 0 Å². The molecule has 0 unspecified atom stereocenters. The normalized spacial score (nSPS) is 11.3. The highest BCUT2D eigenvalue weighted by molar-refractivity contribution is 7.89. The van der Waals surface area contributed by atoms with E-state index in [9.17, 15) is 8.42 Å². The summed E-state index contributed by atoms with van der Waals surface area (Å²) in [6, 6.07) is 3.27. The Bertz CT molecular complexity index is 402. The Labute approximate surface area is 87.9 Å². The summed E-state index contributed by atoms with van der Waals surface area (Å²) >= 11 is 0. The first-order valence-corrected chi connectivity index (χ1v) is 6.02. The number of nitrogens with two attached hydrogens (primary N) is 2. The summed E-state index contributed by atoms with van der Waals surface area (Å²) in [4.78, 5) is 0. The Morgan fingerprint density at radius 3 is 2.60 bits per heavy atom. The summed E-state index contributed by atoms with van der Waals surface area (Å²) < 4.78 is 21.2. The van der Waals surface area contributed by atoms with Crippen molar-refractivity contribution >= 4 is 21.7 Å². The predicted molar refractivity (Wildman–Crippen MR) is 57.5 cm³/mol. The van der Waals surface area contributed by atoms with Gasteiger partial charge in [-0.05, 0) is 18.6 Å². The van der Waals surface area contributed by atoms with Crippen molar-refractivity contribution in [3.05, 3.63) is 12.1 Å². The molecule has 0 spiro atoms. The van der Waals surface area contributed by atoms with Crippen molar-refractivity contribution in [1.82, 2.24) is 10.2 Å². The lowest BCUT2D eigenvalue weighted by Crippen LogP contribution is -2.18. The van der Waals surface area contributed by atoms with Crippen molar-refractivity contribution in [1.29, 1.82) is 0 Å². The third kappa shape index (κ3) is 5.13. The highest BCUT2D eigenvalue weighted by Crippen LogP contribution is 2.02. The van der Waals surface area contributed by atoms with Crippen molar-refractivity contribution in [3.63, 3.8) is 0 Å². The van der Waals surface area contributed by atoms with E-state index in [1.807, 2.05) is 0 Å². The molecular formula is C7H13N5O2S. The van der Waals surface area contributed by atoms with Gasteiger partial charge >= 0.3 is 0 Å². The van der Waals surface area contributed by atoms with E-state index in [1.54, 1.807) is 12.1 Å². The number of nitrogen functional groups attached to an aromatic ring is 1. The zero-order valence-electron chi connectivity index (χ0n) is 8.05. The number of sulfonamides is 1. The quantitative estimate of drug-likeness (QED) is 0.567. The van der Waals surface area contributed by atoms with E-state index in [-0.39, 0.29) is 5.75 Å². The molecular weight excluding hydrogens is 218 g/mol. The van der Waals surface area contributed by atoms with Crippen LogP contribution in [0.25, 0.3) is 0 Å². The van der Waals surface area contributed by atoms with Crippen LogP contribution in [0.5, 0.6) is 0 Å². The number of primary sulfonamides is 1. The molecule has 0 amide bonds. The van der Waals surface area contributed by atoms with Gasteiger partial charge in [0.25, 0.3) is 0 Å². The second-order valence-electron chi connectivity index (χ2n) is 2.99. The van der Waals surface area contributed by atoms with Crippen LogP contribution in [0.15, 0.2) is 12.1 Å². The van der Waals surface area contributed by atoms with Gasteiger partial charge in [0.15, 0.2) is 0 Å². The van der Waals surface area contributed by atoms with Crippen LogP contribution in [0.2, 0.25) is 0 Å². The number of rotatable bonds is 5. The van der Waals surface area contributed by atoms with Gasteiger partial charge in [0, 0.05) is 6.54 Å². The van der Waals surface area contributed by atoms with Crippen molar-refractivity contribution in [3.8, 4) is 0 Å². The fraction of sp³-hybridized carbons (Fsp3) is 0.429. The molecule has 0 aromatic carbocycles. The Balaban J connectivity index is 2.29. The summed E-state index contributed by atoms with van der Waals surface area (Å²) in [6.07, 6.45) is 0.422. The Hall–Kier alpha value is -1.41. The molecule has 5 N–H and O–H groups in total. The van der Waals surface area contributed by atoms with Crippen LogP contribution in [0, 0.1) is 0 Å². The Morgan fingerprint density at radius 2 is 2.07 bits per heavy atom. The fourth-order valence-corrected chi connectivity index (χ4v) is 1.47. The summed E-state index contributed by atoms with van der Waals surface area (Å²) in [5.74, 6) is 0.839. The van der Waals surface area contributed by atoms with E-state index in [0.29, 0.717) is 24.6 Å². The largest absolute Gasteiger partial charge is 0.382 e. The minimum absolute atomic E-state index is 0.0532. The molecule has 1 aromatic rings. The minimum Gasteiger partial charge on any atom is -0.382 e. The molecule has 0 saturated heterocycles. The van der Waals surface area contributed by atoms with E-state index < -0.39 is 10.0 Å². The van der Waals surface area contributed by atoms with Gasteiger partial charge in [0.1, 0.15) is 11.6 Å². The Morgan fingerprint density at radius 1 is 1.33 bits per heavy atom. The van der Waals surface area contributed by atoms with Gasteiger partial charge in [-0.15, -0.1) is 10.2 Å². The molecule has 1 aromatic heterocycles. The summed E-state index contributed by atoms with van der Waals surface area (Å²) in [6.45, 7) is 0.467. The maximum atomic E-state index is 10.6. The third-order valence-electron chi connectivity index (χ3n) is 1.60. The zero-order valence-corrected chi connectivity index (χ0v) is 8.87. The molecule has 0 atom stereocenters. The van der Waals surface area contributed by atoms with E-state index in [0.717, 1.165) is 0 Å². The van der Waals surface area contributed by atoms with Gasteiger partial charge in [-0.25, -0.2) is 13.6 Å².